The first kappa shape index (κ1) is 30.7. The summed E-state index contributed by atoms with van der Waals surface area (Å²) in [6, 6.07) is 0.620. The lowest BCUT2D eigenvalue weighted by atomic mass is 9.83. The van der Waals surface area contributed by atoms with Crippen LogP contribution in [0.4, 0.5) is 0 Å². The highest BCUT2D eigenvalue weighted by Gasteiger charge is 2.45. The summed E-state index contributed by atoms with van der Waals surface area (Å²) in [5.41, 5.74) is 0. The van der Waals surface area contributed by atoms with E-state index in [2.05, 4.69) is 49.6 Å². The van der Waals surface area contributed by atoms with Crippen LogP contribution in [-0.4, -0.2) is 87.6 Å². The topological polar surface area (TPSA) is 99.0 Å². The Balaban J connectivity index is 1.47. The summed E-state index contributed by atoms with van der Waals surface area (Å²) in [5.74, 6) is 1.00. The molecule has 3 fully saturated rings. The minimum absolute atomic E-state index is 0.00343. The van der Waals surface area contributed by atoms with Crippen molar-refractivity contribution in [2.24, 2.45) is 17.8 Å². The predicted molar refractivity (Wildman–Crippen MR) is 152 cm³/mol. The van der Waals surface area contributed by atoms with E-state index in [1.165, 1.54) is 6.42 Å². The SMILES string of the molecule is CC1CCC(OS(=O)OC2CC(N(C)C)CCC2/C=C/C2=[N+](CCS(=O)(=O)[O-])C3CC(C)CCC3S2)CC1. The highest BCUT2D eigenvalue weighted by atomic mass is 32.2. The minimum atomic E-state index is -4.28. The fourth-order valence-electron chi connectivity index (χ4n) is 6.49. The molecular formula is C27H46N2O6S3. The van der Waals surface area contributed by atoms with E-state index in [0.717, 1.165) is 62.8 Å². The monoisotopic (exact) mass is 590 g/mol. The molecule has 11 heteroatoms. The molecule has 4 rings (SSSR count). The molecule has 0 aromatic rings. The van der Waals surface area contributed by atoms with Gasteiger partial charge in [-0.25, -0.2) is 13.0 Å². The van der Waals surface area contributed by atoms with Gasteiger partial charge in [0.25, 0.3) is 0 Å². The van der Waals surface area contributed by atoms with Gasteiger partial charge in [-0.2, -0.15) is 4.21 Å². The summed E-state index contributed by atoms with van der Waals surface area (Å²) in [7, 11) is -0.137. The van der Waals surface area contributed by atoms with Crippen LogP contribution in [0, 0.1) is 17.8 Å². The average molecular weight is 591 g/mol. The summed E-state index contributed by atoms with van der Waals surface area (Å²) >= 11 is 0.0260. The predicted octanol–water partition coefficient (Wildman–Crippen LogP) is 4.09. The number of hydrogen-bond acceptors (Lipinski definition) is 8. The molecule has 0 spiro atoms. The quantitative estimate of drug-likeness (QED) is 0.277. The zero-order valence-corrected chi connectivity index (χ0v) is 25.8. The maximum Gasteiger partial charge on any atom is 0.305 e. The van der Waals surface area contributed by atoms with Crippen LogP contribution in [0.2, 0.25) is 0 Å². The van der Waals surface area contributed by atoms with E-state index >= 15 is 0 Å². The Bertz CT molecular complexity index is 993. The molecule has 0 amide bonds. The summed E-state index contributed by atoms with van der Waals surface area (Å²) in [6.07, 6.45) is 14.1. The molecule has 1 aliphatic heterocycles. The highest BCUT2D eigenvalue weighted by molar-refractivity contribution is 8.14. The Labute approximate surface area is 236 Å². The van der Waals surface area contributed by atoms with Gasteiger partial charge in [0.1, 0.15) is 10.1 Å². The van der Waals surface area contributed by atoms with Crippen molar-refractivity contribution in [1.82, 2.24) is 4.90 Å². The molecule has 3 aliphatic carbocycles. The first-order valence-corrected chi connectivity index (χ1v) is 17.8. The minimum Gasteiger partial charge on any atom is -0.748 e. The fraction of sp³-hybridized carbons (Fsp3) is 0.889. The normalized spacial score (nSPS) is 37.6. The number of nitrogens with zero attached hydrogens (tertiary/aromatic N) is 2. The molecule has 7 atom stereocenters. The van der Waals surface area contributed by atoms with Crippen molar-refractivity contribution in [3.05, 3.63) is 12.2 Å². The van der Waals surface area contributed by atoms with Crippen molar-refractivity contribution in [2.45, 2.75) is 108 Å². The van der Waals surface area contributed by atoms with Gasteiger partial charge in [0.05, 0.1) is 23.2 Å². The molecule has 8 nitrogen and oxygen atoms in total. The van der Waals surface area contributed by atoms with Crippen LogP contribution in [0.25, 0.3) is 0 Å². The van der Waals surface area contributed by atoms with E-state index in [9.17, 15) is 17.2 Å². The van der Waals surface area contributed by atoms with Crippen molar-refractivity contribution < 1.29 is 30.1 Å². The van der Waals surface area contributed by atoms with E-state index in [4.69, 9.17) is 8.37 Å². The van der Waals surface area contributed by atoms with Crippen molar-refractivity contribution in [3.63, 3.8) is 0 Å². The molecule has 0 aromatic carbocycles. The fourth-order valence-corrected chi connectivity index (χ4v) is 9.30. The van der Waals surface area contributed by atoms with Crippen molar-refractivity contribution >= 4 is 38.3 Å². The zero-order chi connectivity index (χ0) is 27.4. The highest BCUT2D eigenvalue weighted by Crippen LogP contribution is 2.40. The van der Waals surface area contributed by atoms with Crippen LogP contribution in [0.15, 0.2) is 12.2 Å². The van der Waals surface area contributed by atoms with Crippen molar-refractivity contribution in [1.29, 1.82) is 0 Å². The Morgan fingerprint density at radius 3 is 2.42 bits per heavy atom. The number of rotatable bonds is 10. The van der Waals surface area contributed by atoms with Crippen LogP contribution in [0.3, 0.4) is 0 Å². The van der Waals surface area contributed by atoms with E-state index in [0.29, 0.717) is 23.1 Å². The van der Waals surface area contributed by atoms with E-state index in [1.54, 1.807) is 0 Å². The lowest BCUT2D eigenvalue weighted by Crippen LogP contribution is -2.41. The molecule has 0 radical (unpaired) electrons. The number of thioether (sulfide) groups is 1. The van der Waals surface area contributed by atoms with E-state index in [1.807, 2.05) is 11.8 Å². The van der Waals surface area contributed by atoms with Crippen LogP contribution >= 0.6 is 11.8 Å². The molecular weight excluding hydrogens is 545 g/mol. The molecule has 0 N–H and O–H groups in total. The smallest absolute Gasteiger partial charge is 0.305 e. The van der Waals surface area contributed by atoms with Gasteiger partial charge in [-0.05, 0) is 95.5 Å². The second-order valence-electron chi connectivity index (χ2n) is 12.2. The maximum atomic E-state index is 12.9. The third-order valence-electron chi connectivity index (χ3n) is 8.97. The first-order chi connectivity index (χ1) is 18.0. The molecule has 218 valence electrons. The van der Waals surface area contributed by atoms with Gasteiger partial charge in [0.15, 0.2) is 12.6 Å². The molecule has 0 aromatic heterocycles. The molecule has 3 saturated carbocycles. The van der Waals surface area contributed by atoms with Crippen LogP contribution in [0.5, 0.6) is 0 Å². The second-order valence-corrected chi connectivity index (χ2v) is 15.8. The Kier molecular flexibility index (Phi) is 11.0. The maximum absolute atomic E-state index is 12.9. The van der Waals surface area contributed by atoms with Crippen LogP contribution in [0.1, 0.15) is 78.1 Å². The summed E-state index contributed by atoms with van der Waals surface area (Å²) in [4.78, 5) is 2.21. The third kappa shape index (κ3) is 8.60. The van der Waals surface area contributed by atoms with Gasteiger partial charge < -0.3 is 9.45 Å². The lowest BCUT2D eigenvalue weighted by molar-refractivity contribution is -0.558. The summed E-state index contributed by atoms with van der Waals surface area (Å²) in [6.45, 7) is 4.73. The summed E-state index contributed by atoms with van der Waals surface area (Å²) in [5, 5.41) is 1.47. The second kappa shape index (κ2) is 13.6. The molecule has 4 aliphatic rings. The van der Waals surface area contributed by atoms with Gasteiger partial charge in [-0.15, -0.1) is 0 Å². The number of fused-ring (bicyclic) bond motifs is 1. The van der Waals surface area contributed by atoms with Gasteiger partial charge in [0.2, 0.25) is 5.04 Å². The average Bonchev–Trinajstić information content (AvgIpc) is 3.19. The van der Waals surface area contributed by atoms with Crippen molar-refractivity contribution in [2.75, 3.05) is 26.4 Å². The van der Waals surface area contributed by atoms with Gasteiger partial charge >= 0.3 is 11.4 Å². The third-order valence-corrected chi connectivity index (χ3v) is 11.9. The van der Waals surface area contributed by atoms with E-state index in [-0.39, 0.29) is 36.5 Å². The van der Waals surface area contributed by atoms with Crippen LogP contribution < -0.4 is 0 Å². The zero-order valence-electron chi connectivity index (χ0n) is 23.3. The largest absolute Gasteiger partial charge is 0.748 e. The molecule has 0 saturated heterocycles. The van der Waals surface area contributed by atoms with Crippen molar-refractivity contribution in [3.8, 4) is 0 Å². The lowest BCUT2D eigenvalue weighted by Gasteiger charge is -2.37. The van der Waals surface area contributed by atoms with Gasteiger partial charge in [-0.3, -0.25) is 8.37 Å². The number of hydrogen-bond donors (Lipinski definition) is 0. The first-order valence-electron chi connectivity index (χ1n) is 14.3. The summed E-state index contributed by atoms with van der Waals surface area (Å²) < 4.78 is 61.3. The van der Waals surface area contributed by atoms with Gasteiger partial charge in [0, 0.05) is 24.5 Å². The Hall–Kier alpha value is -0.300. The molecule has 38 heavy (non-hydrogen) atoms. The van der Waals surface area contributed by atoms with Gasteiger partial charge in [-0.1, -0.05) is 19.9 Å². The van der Waals surface area contributed by atoms with E-state index < -0.39 is 21.5 Å². The standard InChI is InChI=1S/C27H46N2O6S3/c1-19-5-11-23(12-6-19)34-37(30)35-25-18-22(28(3)4)10-8-21(25)9-14-27-29(15-16-38(31,32)33)24-17-20(2)7-13-26(24)36-27/h9,14,19-26H,5-8,10-13,15-18H2,1-4H3/b14-9+. The Morgan fingerprint density at radius 1 is 1.03 bits per heavy atom. The Morgan fingerprint density at radius 2 is 1.74 bits per heavy atom. The van der Waals surface area contributed by atoms with Crippen LogP contribution in [-0.2, 0) is 29.8 Å². The molecule has 7 unspecified atom stereocenters. The molecule has 0 bridgehead atoms. The molecule has 1 heterocycles.